The summed E-state index contributed by atoms with van der Waals surface area (Å²) in [6.45, 7) is 6.71. The normalized spacial score (nSPS) is 19.4. The molecule has 0 N–H and O–H groups in total. The molecule has 0 radical (unpaired) electrons. The van der Waals surface area contributed by atoms with Crippen molar-refractivity contribution in [2.45, 2.75) is 20.3 Å². The maximum absolute atomic E-state index is 6.13. The molecule has 2 aromatic carbocycles. The maximum Gasteiger partial charge on any atom is 0.150 e. The molecule has 5 heteroatoms. The second-order valence-corrected chi connectivity index (χ2v) is 8.94. The van der Waals surface area contributed by atoms with E-state index in [0.29, 0.717) is 11.8 Å². The Labute approximate surface area is 182 Å². The van der Waals surface area contributed by atoms with Crippen LogP contribution in [0.1, 0.15) is 20.3 Å². The number of benzene rings is 2. The average molecular weight is 417 g/mol. The van der Waals surface area contributed by atoms with E-state index in [1.54, 1.807) is 6.33 Å². The lowest BCUT2D eigenvalue weighted by Crippen LogP contribution is -2.39. The fourth-order valence-corrected chi connectivity index (χ4v) is 4.88. The van der Waals surface area contributed by atoms with Gasteiger partial charge in [-0.1, -0.05) is 55.8 Å². The molecule has 4 nitrogen and oxygen atoms in total. The topological polar surface area (TPSA) is 34.0 Å². The van der Waals surface area contributed by atoms with Gasteiger partial charge in [0.05, 0.1) is 5.39 Å². The summed E-state index contributed by atoms with van der Waals surface area (Å²) < 4.78 is 2.15. The highest BCUT2D eigenvalue weighted by Crippen LogP contribution is 2.38. The van der Waals surface area contributed by atoms with Crippen molar-refractivity contribution in [2.24, 2.45) is 11.8 Å². The standard InChI is InChI=1S/C25H25ClN4/c1-17-12-18(2)14-29(13-17)24-23-22(19-6-4-3-5-7-19)15-30(25(23)28-16-27-24)21-10-8-20(26)9-11-21/h3-11,15-18H,12-14H2,1-2H3/t17-,18-/m1/s1. The van der Waals surface area contributed by atoms with Gasteiger partial charge in [-0.2, -0.15) is 0 Å². The van der Waals surface area contributed by atoms with Crippen molar-refractivity contribution >= 4 is 28.5 Å². The molecule has 0 bridgehead atoms. The molecule has 1 saturated heterocycles. The van der Waals surface area contributed by atoms with Crippen LogP contribution in [0, 0.1) is 11.8 Å². The highest BCUT2D eigenvalue weighted by Gasteiger charge is 2.26. The molecule has 1 fully saturated rings. The van der Waals surface area contributed by atoms with Gasteiger partial charge in [0.2, 0.25) is 0 Å². The van der Waals surface area contributed by atoms with Crippen molar-refractivity contribution in [3.8, 4) is 16.8 Å². The summed E-state index contributed by atoms with van der Waals surface area (Å²) in [6, 6.07) is 18.4. The molecule has 1 aliphatic heterocycles. The minimum atomic E-state index is 0.650. The van der Waals surface area contributed by atoms with E-state index in [9.17, 15) is 0 Å². The van der Waals surface area contributed by atoms with Gasteiger partial charge in [-0.25, -0.2) is 9.97 Å². The SMILES string of the molecule is C[C@@H]1C[C@@H](C)CN(c2ncnc3c2c(-c2ccccc2)cn3-c2ccc(Cl)cc2)C1. The molecule has 152 valence electrons. The monoisotopic (exact) mass is 416 g/mol. The smallest absolute Gasteiger partial charge is 0.150 e. The number of piperidine rings is 1. The summed E-state index contributed by atoms with van der Waals surface area (Å²) in [6.07, 6.45) is 5.14. The summed E-state index contributed by atoms with van der Waals surface area (Å²) in [7, 11) is 0. The fourth-order valence-electron chi connectivity index (χ4n) is 4.76. The Morgan fingerprint density at radius 2 is 1.60 bits per heavy atom. The van der Waals surface area contributed by atoms with Gasteiger partial charge in [0.25, 0.3) is 0 Å². The van der Waals surface area contributed by atoms with Crippen LogP contribution in [0.2, 0.25) is 5.02 Å². The molecule has 30 heavy (non-hydrogen) atoms. The highest BCUT2D eigenvalue weighted by molar-refractivity contribution is 6.30. The van der Waals surface area contributed by atoms with Crippen molar-refractivity contribution in [1.29, 1.82) is 0 Å². The van der Waals surface area contributed by atoms with Crippen molar-refractivity contribution in [1.82, 2.24) is 14.5 Å². The number of aromatic nitrogens is 3. The first-order valence-corrected chi connectivity index (χ1v) is 10.9. The zero-order valence-corrected chi connectivity index (χ0v) is 18.0. The fraction of sp³-hybridized carbons (Fsp3) is 0.280. The van der Waals surface area contributed by atoms with Crippen LogP contribution in [0.25, 0.3) is 27.8 Å². The number of anilines is 1. The Hall–Kier alpha value is -2.85. The van der Waals surface area contributed by atoms with Crippen molar-refractivity contribution in [2.75, 3.05) is 18.0 Å². The Bertz CT molecular complexity index is 1160. The second kappa shape index (κ2) is 7.77. The van der Waals surface area contributed by atoms with Crippen LogP contribution in [-0.4, -0.2) is 27.6 Å². The minimum Gasteiger partial charge on any atom is -0.355 e. The number of nitrogens with zero attached hydrogens (tertiary/aromatic N) is 4. The number of rotatable bonds is 3. The van der Waals surface area contributed by atoms with Crippen molar-refractivity contribution < 1.29 is 0 Å². The van der Waals surface area contributed by atoms with Gasteiger partial charge in [0, 0.05) is 35.6 Å². The molecule has 0 spiro atoms. The Balaban J connectivity index is 1.75. The lowest BCUT2D eigenvalue weighted by atomic mass is 9.91. The zero-order chi connectivity index (χ0) is 20.7. The average Bonchev–Trinajstić information content (AvgIpc) is 3.14. The molecule has 1 aliphatic rings. The van der Waals surface area contributed by atoms with E-state index in [2.05, 4.69) is 53.8 Å². The first kappa shape index (κ1) is 19.1. The zero-order valence-electron chi connectivity index (χ0n) is 17.3. The van der Waals surface area contributed by atoms with E-state index in [-0.39, 0.29) is 0 Å². The van der Waals surface area contributed by atoms with Crippen LogP contribution in [0.15, 0.2) is 67.1 Å². The first-order valence-electron chi connectivity index (χ1n) is 10.5. The van der Waals surface area contributed by atoms with E-state index in [1.807, 2.05) is 30.3 Å². The third-order valence-electron chi connectivity index (χ3n) is 5.92. The Morgan fingerprint density at radius 1 is 0.900 bits per heavy atom. The Kier molecular flexibility index (Phi) is 4.95. The van der Waals surface area contributed by atoms with E-state index < -0.39 is 0 Å². The summed E-state index contributed by atoms with van der Waals surface area (Å²) in [5.74, 6) is 2.33. The molecule has 2 atom stereocenters. The highest BCUT2D eigenvalue weighted by atomic mass is 35.5. The third-order valence-corrected chi connectivity index (χ3v) is 6.17. The van der Waals surface area contributed by atoms with Gasteiger partial charge in [-0.15, -0.1) is 0 Å². The second-order valence-electron chi connectivity index (χ2n) is 8.50. The summed E-state index contributed by atoms with van der Waals surface area (Å²) in [4.78, 5) is 11.9. The van der Waals surface area contributed by atoms with Gasteiger partial charge in [0.15, 0.2) is 5.65 Å². The predicted octanol–water partition coefficient (Wildman–Crippen LogP) is 6.22. The first-order chi connectivity index (χ1) is 14.6. The van der Waals surface area contributed by atoms with E-state index in [4.69, 9.17) is 21.6 Å². The number of hydrogen-bond donors (Lipinski definition) is 0. The van der Waals surface area contributed by atoms with Crippen LogP contribution in [0.3, 0.4) is 0 Å². The van der Waals surface area contributed by atoms with Crippen molar-refractivity contribution in [3.63, 3.8) is 0 Å². The van der Waals surface area contributed by atoms with E-state index in [1.165, 1.54) is 12.0 Å². The summed E-state index contributed by atoms with van der Waals surface area (Å²) >= 11 is 6.13. The lowest BCUT2D eigenvalue weighted by Gasteiger charge is -2.36. The lowest BCUT2D eigenvalue weighted by molar-refractivity contribution is 0.356. The van der Waals surface area contributed by atoms with Gasteiger partial charge < -0.3 is 9.47 Å². The molecular weight excluding hydrogens is 392 g/mol. The predicted molar refractivity (Wildman–Crippen MR) is 124 cm³/mol. The minimum absolute atomic E-state index is 0.650. The van der Waals surface area contributed by atoms with Crippen molar-refractivity contribution in [3.05, 3.63) is 72.1 Å². The van der Waals surface area contributed by atoms with Gasteiger partial charge in [0.1, 0.15) is 12.1 Å². The summed E-state index contributed by atoms with van der Waals surface area (Å²) in [5, 5.41) is 1.84. The van der Waals surface area contributed by atoms with Crippen LogP contribution in [0.4, 0.5) is 5.82 Å². The molecule has 4 aromatic rings. The van der Waals surface area contributed by atoms with Gasteiger partial charge >= 0.3 is 0 Å². The van der Waals surface area contributed by atoms with Crippen LogP contribution < -0.4 is 4.90 Å². The number of halogens is 1. The quantitative estimate of drug-likeness (QED) is 0.397. The Morgan fingerprint density at radius 3 is 2.30 bits per heavy atom. The molecule has 0 aliphatic carbocycles. The van der Waals surface area contributed by atoms with Crippen LogP contribution >= 0.6 is 11.6 Å². The van der Waals surface area contributed by atoms with E-state index >= 15 is 0 Å². The van der Waals surface area contributed by atoms with Crippen LogP contribution in [-0.2, 0) is 0 Å². The summed E-state index contributed by atoms with van der Waals surface area (Å²) in [5.41, 5.74) is 4.29. The van der Waals surface area contributed by atoms with Crippen LogP contribution in [0.5, 0.6) is 0 Å². The largest absolute Gasteiger partial charge is 0.355 e. The number of fused-ring (bicyclic) bond motifs is 1. The molecule has 0 unspecified atom stereocenters. The van der Waals surface area contributed by atoms with Gasteiger partial charge in [-0.05, 0) is 48.1 Å². The number of hydrogen-bond acceptors (Lipinski definition) is 3. The molecular formula is C25H25ClN4. The molecule has 5 rings (SSSR count). The maximum atomic E-state index is 6.13. The van der Waals surface area contributed by atoms with E-state index in [0.717, 1.165) is 46.2 Å². The molecule has 2 aromatic heterocycles. The molecule has 3 heterocycles. The molecule has 0 amide bonds. The third kappa shape index (κ3) is 3.46. The molecule has 0 saturated carbocycles. The van der Waals surface area contributed by atoms with Gasteiger partial charge in [-0.3, -0.25) is 0 Å².